The number of unbranched alkanes of at least 4 members (excludes halogenated alkanes) is 1. The predicted molar refractivity (Wildman–Crippen MR) is 104 cm³/mol. The summed E-state index contributed by atoms with van der Waals surface area (Å²) in [5.41, 5.74) is 4.44. The number of benzene rings is 1. The second kappa shape index (κ2) is 8.00. The van der Waals surface area contributed by atoms with Crippen LogP contribution in [0.1, 0.15) is 84.9 Å². The molecule has 0 unspecified atom stereocenters. The lowest BCUT2D eigenvalue weighted by molar-refractivity contribution is -0.104. The average molecular weight is 331 g/mol. The quantitative estimate of drug-likeness (QED) is 0.360. The smallest absolute Gasteiger partial charge is 0.143 e. The highest BCUT2D eigenvalue weighted by atomic mass is 16.5. The van der Waals surface area contributed by atoms with E-state index in [2.05, 4.69) is 60.6 Å². The van der Waals surface area contributed by atoms with Crippen molar-refractivity contribution < 1.29 is 9.53 Å². The molecule has 0 spiro atoms. The zero-order valence-electron chi connectivity index (χ0n) is 16.7. The fourth-order valence-corrected chi connectivity index (χ4v) is 2.64. The molecule has 0 aromatic heterocycles. The van der Waals surface area contributed by atoms with E-state index in [1.54, 1.807) is 6.08 Å². The highest BCUT2D eigenvalue weighted by Crippen LogP contribution is 2.41. The molecule has 0 saturated carbocycles. The Balaban J connectivity index is 3.63. The predicted octanol–water partition coefficient (Wildman–Crippen LogP) is 6.06. The molecule has 24 heavy (non-hydrogen) atoms. The van der Waals surface area contributed by atoms with Crippen molar-refractivity contribution in [2.45, 2.75) is 79.1 Å². The number of hydrogen-bond donors (Lipinski definition) is 0. The monoisotopic (exact) mass is 330 g/mol. The lowest BCUT2D eigenvalue weighted by atomic mass is 9.77. The molecular formula is C22H34O2. The molecule has 0 amide bonds. The first-order valence-corrected chi connectivity index (χ1v) is 8.96. The van der Waals surface area contributed by atoms with Gasteiger partial charge in [0, 0.05) is 11.1 Å². The van der Waals surface area contributed by atoms with Gasteiger partial charge < -0.3 is 4.74 Å². The summed E-state index contributed by atoms with van der Waals surface area (Å²) >= 11 is 0. The summed E-state index contributed by atoms with van der Waals surface area (Å²) in [6.45, 7) is 18.2. The van der Waals surface area contributed by atoms with E-state index in [1.807, 2.05) is 6.92 Å². The minimum Gasteiger partial charge on any atom is -0.493 e. The van der Waals surface area contributed by atoms with Gasteiger partial charge in [0.25, 0.3) is 0 Å². The van der Waals surface area contributed by atoms with Crippen LogP contribution in [-0.4, -0.2) is 12.9 Å². The molecule has 134 valence electrons. The van der Waals surface area contributed by atoms with Gasteiger partial charge in [-0.1, -0.05) is 54.9 Å². The molecule has 0 bridgehead atoms. The fraction of sp³-hybridized carbons (Fsp3) is 0.591. The Morgan fingerprint density at radius 3 is 1.92 bits per heavy atom. The third kappa shape index (κ3) is 5.22. The minimum absolute atomic E-state index is 0.0288. The summed E-state index contributed by atoms with van der Waals surface area (Å²) in [5, 5.41) is 0. The van der Waals surface area contributed by atoms with Gasteiger partial charge in [-0.25, -0.2) is 0 Å². The summed E-state index contributed by atoms with van der Waals surface area (Å²) in [7, 11) is 0. The van der Waals surface area contributed by atoms with E-state index in [-0.39, 0.29) is 10.8 Å². The van der Waals surface area contributed by atoms with Crippen LogP contribution in [0.25, 0.3) is 5.57 Å². The van der Waals surface area contributed by atoms with Crippen LogP contribution in [0.3, 0.4) is 0 Å². The highest BCUT2D eigenvalue weighted by Gasteiger charge is 2.28. The standard InChI is InChI=1S/C22H34O2/c1-9-10-13-24-20-18(21(3,4)5)14-17(16(2)11-12-23)15-19(20)22(6,7)8/h11-12,14-15H,9-10,13H2,1-8H3. The van der Waals surface area contributed by atoms with Crippen LogP contribution in [0.2, 0.25) is 0 Å². The minimum atomic E-state index is -0.0288. The van der Waals surface area contributed by atoms with Crippen molar-refractivity contribution in [3.8, 4) is 5.75 Å². The fourth-order valence-electron chi connectivity index (χ4n) is 2.64. The third-order valence-corrected chi connectivity index (χ3v) is 4.22. The first-order chi connectivity index (χ1) is 11.0. The van der Waals surface area contributed by atoms with Crippen LogP contribution < -0.4 is 4.74 Å². The topological polar surface area (TPSA) is 26.3 Å². The molecule has 2 nitrogen and oxygen atoms in total. The summed E-state index contributed by atoms with van der Waals surface area (Å²) < 4.78 is 6.27. The first kappa shape index (κ1) is 20.5. The molecule has 0 aliphatic heterocycles. The Labute approximate surface area is 148 Å². The maximum atomic E-state index is 10.9. The van der Waals surface area contributed by atoms with Crippen LogP contribution in [0.5, 0.6) is 5.75 Å². The van der Waals surface area contributed by atoms with E-state index in [1.165, 1.54) is 11.1 Å². The molecular weight excluding hydrogens is 296 g/mol. The van der Waals surface area contributed by atoms with Gasteiger partial charge in [0.2, 0.25) is 0 Å². The Bertz CT molecular complexity index is 560. The van der Waals surface area contributed by atoms with Gasteiger partial charge in [0.1, 0.15) is 12.0 Å². The van der Waals surface area contributed by atoms with Gasteiger partial charge in [-0.05, 0) is 53.5 Å². The molecule has 1 rings (SSSR count). The summed E-state index contributed by atoms with van der Waals surface area (Å²) in [5.74, 6) is 1.02. The van der Waals surface area contributed by atoms with Crippen molar-refractivity contribution in [3.05, 3.63) is 34.9 Å². The van der Waals surface area contributed by atoms with Crippen molar-refractivity contribution >= 4 is 11.9 Å². The largest absolute Gasteiger partial charge is 0.493 e. The molecule has 0 N–H and O–H groups in total. The van der Waals surface area contributed by atoms with Crippen molar-refractivity contribution in [2.24, 2.45) is 0 Å². The summed E-state index contributed by atoms with van der Waals surface area (Å²) in [4.78, 5) is 10.9. The number of carbonyl (C=O) groups excluding carboxylic acids is 1. The Morgan fingerprint density at radius 1 is 1.04 bits per heavy atom. The molecule has 2 heteroatoms. The van der Waals surface area contributed by atoms with E-state index < -0.39 is 0 Å². The van der Waals surface area contributed by atoms with Crippen LogP contribution in [0.4, 0.5) is 0 Å². The average Bonchev–Trinajstić information content (AvgIpc) is 2.45. The SMILES string of the molecule is CCCCOc1c(C(C)(C)C)cc(C(C)=CC=O)cc1C(C)(C)C. The number of rotatable bonds is 6. The van der Waals surface area contributed by atoms with E-state index in [4.69, 9.17) is 4.74 Å². The highest BCUT2D eigenvalue weighted by molar-refractivity contribution is 5.81. The van der Waals surface area contributed by atoms with Crippen LogP contribution >= 0.6 is 0 Å². The van der Waals surface area contributed by atoms with Crippen molar-refractivity contribution in [1.29, 1.82) is 0 Å². The summed E-state index contributed by atoms with van der Waals surface area (Å²) in [6, 6.07) is 4.37. The van der Waals surface area contributed by atoms with Crippen molar-refractivity contribution in [2.75, 3.05) is 6.61 Å². The first-order valence-electron chi connectivity index (χ1n) is 8.96. The van der Waals surface area contributed by atoms with Gasteiger partial charge in [0.05, 0.1) is 6.61 Å². The van der Waals surface area contributed by atoms with Crippen molar-refractivity contribution in [1.82, 2.24) is 0 Å². The van der Waals surface area contributed by atoms with Crippen LogP contribution in [0, 0.1) is 0 Å². The number of allylic oxidation sites excluding steroid dienone is 2. The van der Waals surface area contributed by atoms with Crippen LogP contribution in [0.15, 0.2) is 18.2 Å². The Hall–Kier alpha value is -1.57. The lowest BCUT2D eigenvalue weighted by Crippen LogP contribution is -2.20. The number of carbonyl (C=O) groups is 1. The maximum absolute atomic E-state index is 10.9. The molecule has 0 aliphatic carbocycles. The second-order valence-electron chi connectivity index (χ2n) is 8.59. The number of hydrogen-bond acceptors (Lipinski definition) is 2. The summed E-state index contributed by atoms with van der Waals surface area (Å²) in [6.07, 6.45) is 4.66. The molecule has 1 aromatic rings. The van der Waals surface area contributed by atoms with Gasteiger partial charge in [0.15, 0.2) is 0 Å². The third-order valence-electron chi connectivity index (χ3n) is 4.22. The molecule has 0 atom stereocenters. The Kier molecular flexibility index (Phi) is 6.83. The normalized spacial score (nSPS) is 13.1. The van der Waals surface area contributed by atoms with E-state index in [0.29, 0.717) is 0 Å². The molecule has 0 saturated heterocycles. The molecule has 0 aliphatic rings. The lowest BCUT2D eigenvalue weighted by Gasteiger charge is -2.31. The molecule has 0 radical (unpaired) electrons. The number of aldehydes is 1. The maximum Gasteiger partial charge on any atom is 0.143 e. The van der Waals surface area contributed by atoms with Gasteiger partial charge in [-0.3, -0.25) is 4.79 Å². The van der Waals surface area contributed by atoms with Crippen molar-refractivity contribution in [3.63, 3.8) is 0 Å². The van der Waals surface area contributed by atoms with Gasteiger partial charge in [-0.2, -0.15) is 0 Å². The molecule has 0 heterocycles. The molecule has 1 aromatic carbocycles. The van der Waals surface area contributed by atoms with E-state index in [0.717, 1.165) is 42.6 Å². The number of ether oxygens (including phenoxy) is 1. The second-order valence-corrected chi connectivity index (χ2v) is 8.59. The van der Waals surface area contributed by atoms with E-state index >= 15 is 0 Å². The zero-order valence-corrected chi connectivity index (χ0v) is 16.7. The van der Waals surface area contributed by atoms with Gasteiger partial charge >= 0.3 is 0 Å². The Morgan fingerprint density at radius 2 is 1.54 bits per heavy atom. The van der Waals surface area contributed by atoms with Gasteiger partial charge in [-0.15, -0.1) is 0 Å². The zero-order chi connectivity index (χ0) is 18.5. The van der Waals surface area contributed by atoms with Crippen LogP contribution in [-0.2, 0) is 15.6 Å². The molecule has 0 fully saturated rings. The van der Waals surface area contributed by atoms with E-state index in [9.17, 15) is 4.79 Å².